The van der Waals surface area contributed by atoms with Gasteiger partial charge < -0.3 is 24.7 Å². The summed E-state index contributed by atoms with van der Waals surface area (Å²) in [5, 5.41) is 12.3. The second-order valence-electron chi connectivity index (χ2n) is 5.51. The Morgan fingerprint density at radius 2 is 1.33 bits per heavy atom. The number of halogens is 2. The molecule has 0 aliphatic rings. The van der Waals surface area contributed by atoms with Crippen molar-refractivity contribution in [3.63, 3.8) is 0 Å². The van der Waals surface area contributed by atoms with E-state index < -0.39 is 0 Å². The highest BCUT2D eigenvalue weighted by atomic mass is 35.5. The summed E-state index contributed by atoms with van der Waals surface area (Å²) >= 11 is 12.6. The molecule has 0 unspecified atom stereocenters. The first kappa shape index (κ1) is 23.1. The molecule has 0 saturated carbocycles. The molecular weight excluding hydrogens is 433 g/mol. The van der Waals surface area contributed by atoms with Crippen molar-refractivity contribution < 1.29 is 18.9 Å². The molecule has 0 amide bonds. The number of hydrogen-bond donors (Lipinski definition) is 2. The Balaban J connectivity index is 2.08. The van der Waals surface area contributed by atoms with E-state index in [0.29, 0.717) is 44.2 Å². The second-order valence-corrected chi connectivity index (χ2v) is 6.26. The number of hydrogen-bond acceptors (Lipinski definition) is 7. The van der Waals surface area contributed by atoms with Gasteiger partial charge in [-0.2, -0.15) is 10.2 Å². The molecule has 11 heteroatoms. The van der Waals surface area contributed by atoms with Gasteiger partial charge in [-0.25, -0.2) is 5.43 Å². The molecule has 0 fully saturated rings. The summed E-state index contributed by atoms with van der Waals surface area (Å²) in [5.41, 5.74) is 9.45. The Bertz CT molecular complexity index is 980. The van der Waals surface area contributed by atoms with Crippen molar-refractivity contribution in [2.45, 2.75) is 0 Å². The highest BCUT2D eigenvalue weighted by Gasteiger charge is 2.12. The molecule has 0 saturated heterocycles. The van der Waals surface area contributed by atoms with Gasteiger partial charge in [0.05, 0.1) is 50.9 Å². The fourth-order valence-electron chi connectivity index (χ4n) is 2.35. The van der Waals surface area contributed by atoms with Gasteiger partial charge in [0.25, 0.3) is 0 Å². The average molecular weight is 454 g/mol. The van der Waals surface area contributed by atoms with E-state index in [4.69, 9.17) is 47.9 Å². The van der Waals surface area contributed by atoms with Crippen molar-refractivity contribution in [3.8, 4) is 23.0 Å². The summed E-state index contributed by atoms with van der Waals surface area (Å²) in [6.07, 6.45) is 2.88. The molecule has 0 bridgehead atoms. The van der Waals surface area contributed by atoms with Crippen LogP contribution in [-0.2, 0) is 0 Å². The van der Waals surface area contributed by atoms with Gasteiger partial charge in [0.1, 0.15) is 0 Å². The monoisotopic (exact) mass is 453 g/mol. The summed E-state index contributed by atoms with van der Waals surface area (Å²) in [7, 11) is 6.04. The molecule has 0 atom stereocenters. The lowest BCUT2D eigenvalue weighted by molar-refractivity contribution is 0.355. The molecule has 0 heterocycles. The van der Waals surface area contributed by atoms with Crippen molar-refractivity contribution in [2.24, 2.45) is 21.0 Å². The number of methoxy groups -OCH3 is 4. The Kier molecular flexibility index (Phi) is 8.57. The third-order valence-electron chi connectivity index (χ3n) is 3.77. The van der Waals surface area contributed by atoms with Gasteiger partial charge in [-0.3, -0.25) is 0 Å². The quantitative estimate of drug-likeness (QED) is 0.360. The van der Waals surface area contributed by atoms with Crippen LogP contribution in [-0.4, -0.2) is 46.8 Å². The molecule has 9 nitrogen and oxygen atoms in total. The standard InChI is InChI=1S/C19H21Cl2N5O4/c1-27-13-7-5-11(15(20)17(13)29-3)9-23-25-19(22)26-24-10-12-6-8-14(28-2)18(30-4)16(12)21/h5-10H,1-4H3,(H3,22,25,26). The molecule has 2 rings (SSSR count). The number of nitrogens with zero attached hydrogens (tertiary/aromatic N) is 3. The number of rotatable bonds is 8. The van der Waals surface area contributed by atoms with E-state index in [0.717, 1.165) is 0 Å². The maximum absolute atomic E-state index is 6.28. The van der Waals surface area contributed by atoms with Crippen molar-refractivity contribution in [3.05, 3.63) is 45.4 Å². The summed E-state index contributed by atoms with van der Waals surface area (Å²) < 4.78 is 20.8. The Morgan fingerprint density at radius 3 is 1.80 bits per heavy atom. The predicted molar refractivity (Wildman–Crippen MR) is 119 cm³/mol. The molecule has 3 N–H and O–H groups in total. The van der Waals surface area contributed by atoms with Crippen LogP contribution in [0.4, 0.5) is 0 Å². The van der Waals surface area contributed by atoms with Crippen molar-refractivity contribution in [1.82, 2.24) is 5.43 Å². The molecule has 160 valence electrons. The molecule has 2 aromatic rings. The topological polar surface area (TPSA) is 112 Å². The minimum absolute atomic E-state index is 0.0456. The van der Waals surface area contributed by atoms with E-state index in [-0.39, 0.29) is 5.96 Å². The van der Waals surface area contributed by atoms with Crippen molar-refractivity contribution in [2.75, 3.05) is 28.4 Å². The lowest BCUT2D eigenvalue weighted by Crippen LogP contribution is -2.26. The summed E-state index contributed by atoms with van der Waals surface area (Å²) in [6, 6.07) is 6.85. The fourth-order valence-corrected chi connectivity index (χ4v) is 2.92. The zero-order valence-electron chi connectivity index (χ0n) is 16.8. The molecule has 0 aliphatic heterocycles. The Labute approximate surface area is 184 Å². The van der Waals surface area contributed by atoms with Gasteiger partial charge in [-0.15, -0.1) is 5.10 Å². The van der Waals surface area contributed by atoms with Crippen LogP contribution in [0.15, 0.2) is 39.6 Å². The van der Waals surface area contributed by atoms with E-state index in [1.54, 1.807) is 24.3 Å². The van der Waals surface area contributed by atoms with Crippen molar-refractivity contribution >= 4 is 41.6 Å². The normalized spacial score (nSPS) is 11.7. The fraction of sp³-hybridized carbons (Fsp3) is 0.211. The first-order chi connectivity index (χ1) is 14.5. The Morgan fingerprint density at radius 1 is 0.833 bits per heavy atom. The third-order valence-corrected chi connectivity index (χ3v) is 4.55. The Hall–Kier alpha value is -3.17. The van der Waals surface area contributed by atoms with Crippen LogP contribution in [0.25, 0.3) is 0 Å². The summed E-state index contributed by atoms with van der Waals surface area (Å²) in [4.78, 5) is 0. The van der Waals surface area contributed by atoms with Crippen LogP contribution in [0.5, 0.6) is 23.0 Å². The number of hydrazone groups is 1. The molecule has 30 heavy (non-hydrogen) atoms. The number of ether oxygens (including phenoxy) is 4. The number of nitrogens with two attached hydrogens (primary N) is 1. The minimum atomic E-state index is -0.0456. The highest BCUT2D eigenvalue weighted by Crippen LogP contribution is 2.37. The van der Waals surface area contributed by atoms with Crippen LogP contribution < -0.4 is 30.1 Å². The van der Waals surface area contributed by atoms with Crippen LogP contribution in [0.3, 0.4) is 0 Å². The molecule has 0 spiro atoms. The van der Waals surface area contributed by atoms with E-state index in [9.17, 15) is 0 Å². The van der Waals surface area contributed by atoms with Gasteiger partial charge in [0, 0.05) is 11.1 Å². The molecular formula is C19H21Cl2N5O4. The van der Waals surface area contributed by atoms with Crippen LogP contribution in [0, 0.1) is 0 Å². The molecule has 2 aromatic carbocycles. The van der Waals surface area contributed by atoms with E-state index in [1.807, 2.05) is 0 Å². The summed E-state index contributed by atoms with van der Waals surface area (Å²) in [5.74, 6) is 1.77. The highest BCUT2D eigenvalue weighted by molar-refractivity contribution is 6.35. The third kappa shape index (κ3) is 5.46. The largest absolute Gasteiger partial charge is 0.493 e. The van der Waals surface area contributed by atoms with Gasteiger partial charge in [0.15, 0.2) is 23.0 Å². The maximum Gasteiger partial charge on any atom is 0.234 e. The SMILES string of the molecule is COc1ccc(C=NN=C(N)NN=Cc2ccc(OC)c(OC)c2Cl)c(Cl)c1OC. The van der Waals surface area contributed by atoms with Crippen molar-refractivity contribution in [1.29, 1.82) is 0 Å². The minimum Gasteiger partial charge on any atom is -0.493 e. The molecule has 0 aromatic heterocycles. The smallest absolute Gasteiger partial charge is 0.234 e. The lowest BCUT2D eigenvalue weighted by Gasteiger charge is -2.10. The first-order valence-electron chi connectivity index (χ1n) is 8.43. The van der Waals surface area contributed by atoms with Crippen LogP contribution >= 0.6 is 23.2 Å². The zero-order chi connectivity index (χ0) is 22.1. The number of guanidine groups is 1. The van der Waals surface area contributed by atoms with Gasteiger partial charge >= 0.3 is 0 Å². The predicted octanol–water partition coefficient (Wildman–Crippen LogP) is 3.30. The van der Waals surface area contributed by atoms with Crippen LogP contribution in [0.1, 0.15) is 11.1 Å². The summed E-state index contributed by atoms with van der Waals surface area (Å²) in [6.45, 7) is 0. The van der Waals surface area contributed by atoms with Gasteiger partial charge in [-0.05, 0) is 24.3 Å². The van der Waals surface area contributed by atoms with E-state index in [2.05, 4.69) is 20.7 Å². The molecule has 0 radical (unpaired) electrons. The number of benzene rings is 2. The first-order valence-corrected chi connectivity index (χ1v) is 9.18. The lowest BCUT2D eigenvalue weighted by atomic mass is 10.2. The van der Waals surface area contributed by atoms with Crippen LogP contribution in [0.2, 0.25) is 10.0 Å². The maximum atomic E-state index is 6.28. The van der Waals surface area contributed by atoms with Gasteiger partial charge in [0.2, 0.25) is 5.96 Å². The molecule has 0 aliphatic carbocycles. The number of nitrogens with one attached hydrogen (secondary N) is 1. The average Bonchev–Trinajstić information content (AvgIpc) is 2.75. The van der Waals surface area contributed by atoms with E-state index in [1.165, 1.54) is 40.9 Å². The second kappa shape index (κ2) is 11.1. The van der Waals surface area contributed by atoms with Gasteiger partial charge in [-0.1, -0.05) is 23.2 Å². The zero-order valence-corrected chi connectivity index (χ0v) is 18.3. The van der Waals surface area contributed by atoms with E-state index >= 15 is 0 Å².